The zero-order valence-electron chi connectivity index (χ0n) is 8.59. The Kier molecular flexibility index (Phi) is 3.95. The smallest absolute Gasteiger partial charge is 0.153 e. The van der Waals surface area contributed by atoms with E-state index in [-0.39, 0.29) is 6.04 Å². The molecule has 1 atom stereocenters. The lowest BCUT2D eigenvalue weighted by atomic mass is 10.2. The molecule has 76 valence electrons. The molecule has 0 rings (SSSR count). The lowest BCUT2D eigenvalue weighted by Gasteiger charge is -2.23. The Morgan fingerprint density at radius 2 is 2.00 bits per heavy atom. The molecule has 0 aromatic heterocycles. The van der Waals surface area contributed by atoms with E-state index in [9.17, 15) is 8.42 Å². The largest absolute Gasteiger partial charge is 0.302 e. The van der Waals surface area contributed by atoms with E-state index in [1.807, 2.05) is 6.92 Å². The lowest BCUT2D eigenvalue weighted by Crippen LogP contribution is -2.44. The number of hydrogen-bond acceptors (Lipinski definition) is 3. The summed E-state index contributed by atoms with van der Waals surface area (Å²) in [7, 11) is -3.04. The minimum Gasteiger partial charge on any atom is -0.302 e. The molecule has 0 radical (unpaired) electrons. The number of rotatable bonds is 4. The van der Waals surface area contributed by atoms with Gasteiger partial charge in [-0.3, -0.25) is 0 Å². The van der Waals surface area contributed by atoms with Crippen molar-refractivity contribution >= 4 is 9.84 Å². The van der Waals surface area contributed by atoms with Crippen LogP contribution >= 0.6 is 0 Å². The van der Waals surface area contributed by atoms with Crippen LogP contribution in [-0.2, 0) is 9.84 Å². The zero-order chi connectivity index (χ0) is 10.7. The number of terminal acetylenes is 1. The molecule has 0 aliphatic rings. The quantitative estimate of drug-likeness (QED) is 0.674. The molecule has 1 unspecified atom stereocenters. The molecule has 0 heterocycles. The summed E-state index contributed by atoms with van der Waals surface area (Å²) in [5, 5.41) is 2.96. The van der Waals surface area contributed by atoms with E-state index in [0.29, 0.717) is 6.54 Å². The third-order valence-electron chi connectivity index (χ3n) is 2.09. The van der Waals surface area contributed by atoms with Gasteiger partial charge in [-0.2, -0.15) is 0 Å². The van der Waals surface area contributed by atoms with Gasteiger partial charge in [-0.1, -0.05) is 5.92 Å². The van der Waals surface area contributed by atoms with Gasteiger partial charge in [0.15, 0.2) is 9.84 Å². The molecule has 1 N–H and O–H groups in total. The number of hydrogen-bond donors (Lipinski definition) is 1. The minimum absolute atomic E-state index is 0.0963. The molecule has 4 heteroatoms. The average molecular weight is 203 g/mol. The van der Waals surface area contributed by atoms with Crippen molar-refractivity contribution in [2.24, 2.45) is 0 Å². The van der Waals surface area contributed by atoms with Gasteiger partial charge in [0.2, 0.25) is 0 Å². The van der Waals surface area contributed by atoms with Crippen LogP contribution in [0.1, 0.15) is 20.8 Å². The van der Waals surface area contributed by atoms with Gasteiger partial charge in [0.05, 0.1) is 10.8 Å². The monoisotopic (exact) mass is 203 g/mol. The minimum atomic E-state index is -3.04. The first-order chi connectivity index (χ1) is 5.70. The van der Waals surface area contributed by atoms with Gasteiger partial charge in [0, 0.05) is 12.8 Å². The van der Waals surface area contributed by atoms with Crippen molar-refractivity contribution in [3.8, 4) is 12.3 Å². The highest BCUT2D eigenvalue weighted by molar-refractivity contribution is 7.92. The maximum absolute atomic E-state index is 11.3. The van der Waals surface area contributed by atoms with Crippen LogP contribution < -0.4 is 5.32 Å². The van der Waals surface area contributed by atoms with Crippen molar-refractivity contribution in [1.29, 1.82) is 0 Å². The van der Waals surface area contributed by atoms with Crippen molar-refractivity contribution in [3.05, 3.63) is 0 Å². The summed E-state index contributed by atoms with van der Waals surface area (Å²) in [6, 6.07) is -0.0963. The SMILES string of the molecule is C#CC(C)NCC(C)(C)S(C)(=O)=O. The topological polar surface area (TPSA) is 46.2 Å². The predicted octanol–water partition coefficient (Wildman–Crippen LogP) is 0.421. The van der Waals surface area contributed by atoms with E-state index in [0.717, 1.165) is 0 Å². The Balaban J connectivity index is 4.31. The van der Waals surface area contributed by atoms with Gasteiger partial charge >= 0.3 is 0 Å². The molecule has 3 nitrogen and oxygen atoms in total. The van der Waals surface area contributed by atoms with Crippen LogP contribution in [0, 0.1) is 12.3 Å². The molecule has 0 spiro atoms. The Bertz CT molecular complexity index is 298. The van der Waals surface area contributed by atoms with Crippen LogP contribution in [0.15, 0.2) is 0 Å². The summed E-state index contributed by atoms with van der Waals surface area (Å²) in [6.45, 7) is 5.55. The molecule has 0 aromatic rings. The van der Waals surface area contributed by atoms with Gasteiger partial charge in [0.1, 0.15) is 0 Å². The molecular weight excluding hydrogens is 186 g/mol. The van der Waals surface area contributed by atoms with Crippen LogP contribution in [0.5, 0.6) is 0 Å². The maximum Gasteiger partial charge on any atom is 0.153 e. The third kappa shape index (κ3) is 3.79. The highest BCUT2D eigenvalue weighted by Crippen LogP contribution is 2.13. The molecular formula is C9H17NO2S. The lowest BCUT2D eigenvalue weighted by molar-refractivity contribution is 0.512. The van der Waals surface area contributed by atoms with Gasteiger partial charge in [-0.05, 0) is 20.8 Å². The molecule has 0 amide bonds. The first-order valence-electron chi connectivity index (χ1n) is 4.10. The molecule has 0 fully saturated rings. The fourth-order valence-electron chi connectivity index (χ4n) is 0.589. The van der Waals surface area contributed by atoms with E-state index >= 15 is 0 Å². The Morgan fingerprint density at radius 3 is 2.31 bits per heavy atom. The van der Waals surface area contributed by atoms with E-state index in [1.165, 1.54) is 6.26 Å². The van der Waals surface area contributed by atoms with Gasteiger partial charge in [-0.25, -0.2) is 8.42 Å². The fourth-order valence-corrected chi connectivity index (χ4v) is 0.934. The highest BCUT2D eigenvalue weighted by Gasteiger charge is 2.29. The molecule has 0 aromatic carbocycles. The van der Waals surface area contributed by atoms with Crippen LogP contribution in [0.2, 0.25) is 0 Å². The molecule has 0 aliphatic heterocycles. The molecule has 13 heavy (non-hydrogen) atoms. The predicted molar refractivity (Wildman–Crippen MR) is 55.2 cm³/mol. The fraction of sp³-hybridized carbons (Fsp3) is 0.778. The summed E-state index contributed by atoms with van der Waals surface area (Å²) in [6.07, 6.45) is 6.38. The van der Waals surface area contributed by atoms with Crippen molar-refractivity contribution < 1.29 is 8.42 Å². The summed E-state index contributed by atoms with van der Waals surface area (Å²) < 4.78 is 21.8. The zero-order valence-corrected chi connectivity index (χ0v) is 9.40. The second-order valence-corrected chi connectivity index (χ2v) is 6.45. The molecule has 0 aliphatic carbocycles. The Morgan fingerprint density at radius 1 is 1.54 bits per heavy atom. The summed E-state index contributed by atoms with van der Waals surface area (Å²) >= 11 is 0. The average Bonchev–Trinajstić information content (AvgIpc) is 1.98. The van der Waals surface area contributed by atoms with Crippen molar-refractivity contribution in [3.63, 3.8) is 0 Å². The van der Waals surface area contributed by atoms with Crippen molar-refractivity contribution in [2.75, 3.05) is 12.8 Å². The summed E-state index contributed by atoms with van der Waals surface area (Å²) in [5.41, 5.74) is 0. The van der Waals surface area contributed by atoms with Gasteiger partial charge in [-0.15, -0.1) is 6.42 Å². The Labute approximate surface area is 80.8 Å². The van der Waals surface area contributed by atoms with E-state index in [2.05, 4.69) is 11.2 Å². The van der Waals surface area contributed by atoms with Crippen LogP contribution in [-0.4, -0.2) is 32.0 Å². The molecule has 0 saturated carbocycles. The van der Waals surface area contributed by atoms with E-state index < -0.39 is 14.6 Å². The van der Waals surface area contributed by atoms with Gasteiger partial charge < -0.3 is 5.32 Å². The first kappa shape index (κ1) is 12.5. The number of sulfone groups is 1. The Hall–Kier alpha value is -0.530. The standard InChI is InChI=1S/C9H17NO2S/c1-6-8(2)10-7-9(3,4)13(5,11)12/h1,8,10H,7H2,2-5H3. The molecule has 0 saturated heterocycles. The molecule has 0 bridgehead atoms. The first-order valence-corrected chi connectivity index (χ1v) is 5.99. The van der Waals surface area contributed by atoms with Crippen LogP contribution in [0.25, 0.3) is 0 Å². The second-order valence-electron chi connectivity index (χ2n) is 3.80. The summed E-state index contributed by atoms with van der Waals surface area (Å²) in [5.74, 6) is 2.48. The van der Waals surface area contributed by atoms with E-state index in [1.54, 1.807) is 13.8 Å². The van der Waals surface area contributed by atoms with Crippen molar-refractivity contribution in [2.45, 2.75) is 31.6 Å². The maximum atomic E-state index is 11.3. The third-order valence-corrected chi connectivity index (χ3v) is 4.24. The van der Waals surface area contributed by atoms with Gasteiger partial charge in [0.25, 0.3) is 0 Å². The normalized spacial score (nSPS) is 15.0. The second kappa shape index (κ2) is 4.12. The van der Waals surface area contributed by atoms with Crippen molar-refractivity contribution in [1.82, 2.24) is 5.32 Å². The van der Waals surface area contributed by atoms with E-state index in [4.69, 9.17) is 6.42 Å². The van der Waals surface area contributed by atoms with Crippen LogP contribution in [0.4, 0.5) is 0 Å². The van der Waals surface area contributed by atoms with Crippen LogP contribution in [0.3, 0.4) is 0 Å². The summed E-state index contributed by atoms with van der Waals surface area (Å²) in [4.78, 5) is 0. The number of nitrogens with one attached hydrogen (secondary N) is 1. The highest BCUT2D eigenvalue weighted by atomic mass is 32.2.